The van der Waals surface area contributed by atoms with Gasteiger partial charge in [0.2, 0.25) is 0 Å². The molecule has 0 bridgehead atoms. The summed E-state index contributed by atoms with van der Waals surface area (Å²) in [5.41, 5.74) is 1.67. The molecule has 0 N–H and O–H groups in total. The van der Waals surface area contributed by atoms with E-state index in [0.717, 1.165) is 25.9 Å². The Balaban J connectivity index is 1.35. The predicted molar refractivity (Wildman–Crippen MR) is 113 cm³/mol. The third-order valence-electron chi connectivity index (χ3n) is 4.79. The van der Waals surface area contributed by atoms with Crippen LogP contribution in [0.25, 0.3) is 11.8 Å². The highest BCUT2D eigenvalue weighted by molar-refractivity contribution is 5.54. The molecule has 3 aromatic rings. The van der Waals surface area contributed by atoms with Gasteiger partial charge >= 0.3 is 6.01 Å². The van der Waals surface area contributed by atoms with Crippen molar-refractivity contribution in [1.29, 1.82) is 0 Å². The van der Waals surface area contributed by atoms with Crippen molar-refractivity contribution in [2.24, 2.45) is 0 Å². The summed E-state index contributed by atoms with van der Waals surface area (Å²) in [7, 11) is 1.54. The van der Waals surface area contributed by atoms with Gasteiger partial charge in [0.05, 0.1) is 38.0 Å². The van der Waals surface area contributed by atoms with Crippen molar-refractivity contribution in [3.63, 3.8) is 0 Å². The van der Waals surface area contributed by atoms with E-state index in [4.69, 9.17) is 18.9 Å². The first-order chi connectivity index (χ1) is 15.7. The average Bonchev–Trinajstić information content (AvgIpc) is 3.31. The average molecular weight is 441 g/mol. The first kappa shape index (κ1) is 21.8. The predicted octanol–water partition coefficient (Wildman–Crippen LogP) is 3.34. The Hall–Kier alpha value is -3.37. The Labute approximate surface area is 184 Å². The monoisotopic (exact) mass is 441 g/mol. The van der Waals surface area contributed by atoms with Gasteiger partial charge in [-0.25, -0.2) is 9.07 Å². The van der Waals surface area contributed by atoms with Crippen LogP contribution in [0, 0.1) is 5.82 Å². The smallest absolute Gasteiger partial charge is 0.316 e. The van der Waals surface area contributed by atoms with Crippen LogP contribution in [0.5, 0.6) is 11.8 Å². The molecule has 1 fully saturated rings. The van der Waals surface area contributed by atoms with Crippen molar-refractivity contribution in [3.05, 3.63) is 59.9 Å². The van der Waals surface area contributed by atoms with Crippen LogP contribution in [0.1, 0.15) is 30.5 Å². The van der Waals surface area contributed by atoms with Gasteiger partial charge in [0.25, 0.3) is 0 Å². The molecule has 9 nitrogen and oxygen atoms in total. The van der Waals surface area contributed by atoms with Crippen LogP contribution in [0.2, 0.25) is 0 Å². The van der Waals surface area contributed by atoms with E-state index < -0.39 is 0 Å². The van der Waals surface area contributed by atoms with Crippen LogP contribution in [0.3, 0.4) is 0 Å². The normalized spacial score (nSPS) is 16.4. The summed E-state index contributed by atoms with van der Waals surface area (Å²) >= 11 is 0. The highest BCUT2D eigenvalue weighted by atomic mass is 19.1. The number of rotatable bonds is 9. The van der Waals surface area contributed by atoms with Crippen LogP contribution in [0.15, 0.2) is 42.9 Å². The molecular formula is C22H24FN5O4. The molecule has 2 aromatic heterocycles. The Morgan fingerprint density at radius 3 is 2.91 bits per heavy atom. The SMILES string of the molecule is COc1cnc(OCc2cn(-c3ccc(F)c(/C=C/COC4CCCCO4)c3)nn2)nc1. The summed E-state index contributed by atoms with van der Waals surface area (Å²) in [6, 6.07) is 4.92. The Morgan fingerprint density at radius 1 is 1.25 bits per heavy atom. The summed E-state index contributed by atoms with van der Waals surface area (Å²) in [6.07, 6.45) is 11.1. The van der Waals surface area contributed by atoms with Gasteiger partial charge < -0.3 is 18.9 Å². The highest BCUT2D eigenvalue weighted by Crippen LogP contribution is 2.17. The minimum atomic E-state index is -0.334. The summed E-state index contributed by atoms with van der Waals surface area (Å²) in [4.78, 5) is 8.07. The summed E-state index contributed by atoms with van der Waals surface area (Å²) in [6.45, 7) is 1.22. The summed E-state index contributed by atoms with van der Waals surface area (Å²) in [5.74, 6) is 0.206. The van der Waals surface area contributed by atoms with Crippen LogP contribution >= 0.6 is 0 Å². The number of benzene rings is 1. The van der Waals surface area contributed by atoms with Crippen LogP contribution in [-0.4, -0.2) is 51.6 Å². The van der Waals surface area contributed by atoms with Gasteiger partial charge in [-0.3, -0.25) is 0 Å². The van der Waals surface area contributed by atoms with E-state index in [1.165, 1.54) is 25.6 Å². The standard InChI is InChI=1S/C22H24FN5O4/c1-29-19-12-24-22(25-13-19)32-15-17-14-28(27-26-17)18-7-8-20(23)16(11-18)5-4-10-31-21-6-2-3-9-30-21/h4-5,7-8,11-14,21H,2-3,6,9-10,15H2,1H3/b5-4+. The molecule has 0 spiro atoms. The second-order valence-electron chi connectivity index (χ2n) is 7.09. The molecular weight excluding hydrogens is 417 g/mol. The number of nitrogens with zero attached hydrogens (tertiary/aromatic N) is 5. The molecule has 1 aliphatic heterocycles. The topological polar surface area (TPSA) is 93.4 Å². The van der Waals surface area contributed by atoms with Gasteiger partial charge in [0, 0.05) is 12.2 Å². The summed E-state index contributed by atoms with van der Waals surface area (Å²) < 4.78 is 37.5. The Morgan fingerprint density at radius 2 is 2.12 bits per heavy atom. The fraction of sp³-hybridized carbons (Fsp3) is 0.364. The zero-order valence-electron chi connectivity index (χ0n) is 17.7. The number of halogens is 1. The molecule has 1 unspecified atom stereocenters. The zero-order valence-corrected chi connectivity index (χ0v) is 17.7. The van der Waals surface area contributed by atoms with E-state index in [-0.39, 0.29) is 24.7 Å². The van der Waals surface area contributed by atoms with Gasteiger partial charge in [0.15, 0.2) is 12.0 Å². The number of hydrogen-bond donors (Lipinski definition) is 0. The Kier molecular flexibility index (Phi) is 7.36. The largest absolute Gasteiger partial charge is 0.494 e. The molecule has 4 rings (SSSR count). The number of aromatic nitrogens is 5. The molecule has 0 amide bonds. The number of methoxy groups -OCH3 is 1. The maximum absolute atomic E-state index is 14.2. The van der Waals surface area contributed by atoms with E-state index in [2.05, 4.69) is 20.3 Å². The van der Waals surface area contributed by atoms with E-state index >= 15 is 0 Å². The van der Waals surface area contributed by atoms with Gasteiger partial charge in [-0.05, 0) is 37.5 Å². The minimum absolute atomic E-state index is 0.140. The molecule has 1 aromatic carbocycles. The third kappa shape index (κ3) is 5.86. The second-order valence-corrected chi connectivity index (χ2v) is 7.09. The van der Waals surface area contributed by atoms with Crippen molar-refractivity contribution in [2.45, 2.75) is 32.2 Å². The maximum Gasteiger partial charge on any atom is 0.316 e. The Bertz CT molecular complexity index is 1040. The van der Waals surface area contributed by atoms with E-state index in [0.29, 0.717) is 29.3 Å². The van der Waals surface area contributed by atoms with Gasteiger partial charge in [0.1, 0.15) is 18.1 Å². The van der Waals surface area contributed by atoms with Crippen LogP contribution in [-0.2, 0) is 16.1 Å². The van der Waals surface area contributed by atoms with Crippen molar-refractivity contribution < 1.29 is 23.3 Å². The first-order valence-electron chi connectivity index (χ1n) is 10.3. The first-order valence-corrected chi connectivity index (χ1v) is 10.3. The second kappa shape index (κ2) is 10.8. The molecule has 10 heteroatoms. The number of hydrogen-bond acceptors (Lipinski definition) is 8. The summed E-state index contributed by atoms with van der Waals surface area (Å²) in [5, 5.41) is 8.18. The molecule has 0 radical (unpaired) electrons. The van der Waals surface area contributed by atoms with Crippen molar-refractivity contribution in [2.75, 3.05) is 20.3 Å². The molecule has 3 heterocycles. The minimum Gasteiger partial charge on any atom is -0.494 e. The molecule has 0 saturated carbocycles. The van der Waals surface area contributed by atoms with Gasteiger partial charge in [-0.1, -0.05) is 17.4 Å². The van der Waals surface area contributed by atoms with E-state index in [1.54, 1.807) is 35.2 Å². The fourth-order valence-corrected chi connectivity index (χ4v) is 3.10. The maximum atomic E-state index is 14.2. The molecule has 0 aliphatic carbocycles. The van der Waals surface area contributed by atoms with Crippen molar-refractivity contribution in [3.8, 4) is 17.4 Å². The number of ether oxygens (including phenoxy) is 4. The fourth-order valence-electron chi connectivity index (χ4n) is 3.10. The van der Waals surface area contributed by atoms with E-state index in [1.807, 2.05) is 0 Å². The lowest BCUT2D eigenvalue weighted by molar-refractivity contribution is -0.155. The van der Waals surface area contributed by atoms with Gasteiger partial charge in [-0.2, -0.15) is 9.97 Å². The molecule has 1 atom stereocenters. The highest BCUT2D eigenvalue weighted by Gasteiger charge is 2.13. The van der Waals surface area contributed by atoms with Crippen molar-refractivity contribution in [1.82, 2.24) is 25.0 Å². The van der Waals surface area contributed by atoms with Crippen molar-refractivity contribution >= 4 is 6.08 Å². The van der Waals surface area contributed by atoms with Crippen LogP contribution < -0.4 is 9.47 Å². The molecule has 168 valence electrons. The van der Waals surface area contributed by atoms with Crippen LogP contribution in [0.4, 0.5) is 4.39 Å². The zero-order chi connectivity index (χ0) is 22.2. The molecule has 1 saturated heterocycles. The lowest BCUT2D eigenvalue weighted by Gasteiger charge is -2.21. The third-order valence-corrected chi connectivity index (χ3v) is 4.79. The lowest BCUT2D eigenvalue weighted by Crippen LogP contribution is -2.22. The van der Waals surface area contributed by atoms with E-state index in [9.17, 15) is 4.39 Å². The lowest BCUT2D eigenvalue weighted by atomic mass is 10.1. The quantitative estimate of drug-likeness (QED) is 0.499. The molecule has 32 heavy (non-hydrogen) atoms. The van der Waals surface area contributed by atoms with Gasteiger partial charge in [-0.15, -0.1) is 5.10 Å². The molecule has 1 aliphatic rings.